The molecule has 3 aromatic rings. The lowest BCUT2D eigenvalue weighted by Crippen LogP contribution is -2.12. The third-order valence-electron chi connectivity index (χ3n) is 4.03. The summed E-state index contributed by atoms with van der Waals surface area (Å²) in [5.74, 6) is 0.588. The van der Waals surface area contributed by atoms with Crippen LogP contribution in [0.2, 0.25) is 0 Å². The number of methoxy groups -OCH3 is 1. The molecule has 25 heavy (non-hydrogen) atoms. The molecule has 0 spiro atoms. The number of benzene rings is 2. The summed E-state index contributed by atoms with van der Waals surface area (Å²) in [5.41, 5.74) is 3.14. The maximum atomic E-state index is 11.8. The first-order chi connectivity index (χ1) is 12.2. The third kappa shape index (κ3) is 3.94. The van der Waals surface area contributed by atoms with Gasteiger partial charge in [-0.05, 0) is 30.7 Å². The summed E-state index contributed by atoms with van der Waals surface area (Å²) in [6, 6.07) is 15.9. The highest BCUT2D eigenvalue weighted by Crippen LogP contribution is 2.23. The van der Waals surface area contributed by atoms with Crippen LogP contribution in [-0.2, 0) is 22.6 Å². The lowest BCUT2D eigenvalue weighted by molar-refractivity contribution is -0.143. The number of hydrogen-bond donors (Lipinski definition) is 1. The summed E-state index contributed by atoms with van der Waals surface area (Å²) in [5, 5.41) is 4.54. The normalized spacial score (nSPS) is 10.6. The Morgan fingerprint density at radius 3 is 2.80 bits per heavy atom. The number of ether oxygens (including phenoxy) is 2. The second-order valence-corrected chi connectivity index (χ2v) is 5.69. The minimum atomic E-state index is -0.226. The predicted molar refractivity (Wildman–Crippen MR) is 98.9 cm³/mol. The quantitative estimate of drug-likeness (QED) is 0.665. The fourth-order valence-electron chi connectivity index (χ4n) is 2.87. The smallest absolute Gasteiger partial charge is 0.325 e. The van der Waals surface area contributed by atoms with Crippen LogP contribution in [0.15, 0.2) is 54.7 Å². The zero-order valence-corrected chi connectivity index (χ0v) is 14.5. The molecule has 0 aliphatic rings. The Balaban J connectivity index is 1.82. The van der Waals surface area contributed by atoms with E-state index in [4.69, 9.17) is 9.47 Å². The summed E-state index contributed by atoms with van der Waals surface area (Å²) in [4.78, 5) is 11.8. The highest BCUT2D eigenvalue weighted by atomic mass is 16.5. The first-order valence-electron chi connectivity index (χ1n) is 8.31. The topological polar surface area (TPSA) is 52.5 Å². The number of fused-ring (bicyclic) bond motifs is 1. The van der Waals surface area contributed by atoms with Crippen LogP contribution in [0.1, 0.15) is 12.5 Å². The van der Waals surface area contributed by atoms with Crippen molar-refractivity contribution in [3.8, 4) is 5.75 Å². The molecule has 0 atom stereocenters. The van der Waals surface area contributed by atoms with Crippen LogP contribution >= 0.6 is 0 Å². The number of nitrogens with one attached hydrogen (secondary N) is 1. The van der Waals surface area contributed by atoms with E-state index in [1.165, 1.54) is 0 Å². The molecule has 1 heterocycles. The molecule has 0 radical (unpaired) electrons. The van der Waals surface area contributed by atoms with Gasteiger partial charge in [0.1, 0.15) is 12.3 Å². The predicted octanol–water partition coefficient (Wildman–Crippen LogP) is 3.83. The van der Waals surface area contributed by atoms with Crippen LogP contribution in [0.4, 0.5) is 5.69 Å². The van der Waals surface area contributed by atoms with E-state index in [-0.39, 0.29) is 12.5 Å². The van der Waals surface area contributed by atoms with E-state index in [1.807, 2.05) is 60.2 Å². The van der Waals surface area contributed by atoms with Crippen LogP contribution in [0.3, 0.4) is 0 Å². The van der Waals surface area contributed by atoms with Crippen molar-refractivity contribution in [2.24, 2.45) is 0 Å². The summed E-state index contributed by atoms with van der Waals surface area (Å²) < 4.78 is 12.3. The molecule has 0 saturated heterocycles. The third-order valence-corrected chi connectivity index (χ3v) is 4.03. The summed E-state index contributed by atoms with van der Waals surface area (Å²) in [7, 11) is 1.65. The molecule has 0 amide bonds. The SMILES string of the molecule is CCOC(=O)Cn1cc(CNc2cccc(OC)c2)c2ccccc21. The van der Waals surface area contributed by atoms with Gasteiger partial charge in [-0.15, -0.1) is 0 Å². The van der Waals surface area contributed by atoms with Gasteiger partial charge >= 0.3 is 5.97 Å². The van der Waals surface area contributed by atoms with Gasteiger partial charge in [-0.3, -0.25) is 4.79 Å². The van der Waals surface area contributed by atoms with E-state index in [0.717, 1.165) is 27.9 Å². The van der Waals surface area contributed by atoms with Crippen LogP contribution < -0.4 is 10.1 Å². The number of hydrogen-bond acceptors (Lipinski definition) is 4. The molecule has 0 bridgehead atoms. The zero-order chi connectivity index (χ0) is 17.6. The Bertz CT molecular complexity index is 870. The lowest BCUT2D eigenvalue weighted by Gasteiger charge is -2.07. The first kappa shape index (κ1) is 16.9. The van der Waals surface area contributed by atoms with Gasteiger partial charge in [0.25, 0.3) is 0 Å². The van der Waals surface area contributed by atoms with Crippen LogP contribution in [0.25, 0.3) is 10.9 Å². The molecule has 1 aromatic heterocycles. The number of carbonyl (C=O) groups excluding carboxylic acids is 1. The van der Waals surface area contributed by atoms with Gasteiger partial charge in [0.05, 0.1) is 13.7 Å². The van der Waals surface area contributed by atoms with Crippen LogP contribution in [0, 0.1) is 0 Å². The number of rotatable bonds is 7. The minimum Gasteiger partial charge on any atom is -0.497 e. The number of aromatic nitrogens is 1. The van der Waals surface area contributed by atoms with Crippen molar-refractivity contribution in [3.05, 3.63) is 60.3 Å². The van der Waals surface area contributed by atoms with Crippen LogP contribution in [-0.4, -0.2) is 24.3 Å². The highest BCUT2D eigenvalue weighted by Gasteiger charge is 2.11. The second-order valence-electron chi connectivity index (χ2n) is 5.69. The van der Waals surface area contributed by atoms with Gasteiger partial charge in [0, 0.05) is 35.4 Å². The Labute approximate surface area is 147 Å². The molecule has 2 aromatic carbocycles. The molecule has 130 valence electrons. The average molecular weight is 338 g/mol. The van der Waals surface area contributed by atoms with Gasteiger partial charge in [0.15, 0.2) is 0 Å². The zero-order valence-electron chi connectivity index (χ0n) is 14.5. The standard InChI is InChI=1S/C20H22N2O3/c1-3-25-20(23)14-22-13-15(18-9-4-5-10-19(18)22)12-21-16-7-6-8-17(11-16)24-2/h4-11,13,21H,3,12,14H2,1-2H3. The summed E-state index contributed by atoms with van der Waals surface area (Å²) in [6.07, 6.45) is 2.01. The molecular weight excluding hydrogens is 316 g/mol. The number of esters is 1. The first-order valence-corrected chi connectivity index (χ1v) is 8.31. The van der Waals surface area contributed by atoms with Gasteiger partial charge in [-0.2, -0.15) is 0 Å². The Morgan fingerprint density at radius 2 is 2.00 bits per heavy atom. The van der Waals surface area contributed by atoms with E-state index >= 15 is 0 Å². The van der Waals surface area contributed by atoms with E-state index in [0.29, 0.717) is 13.2 Å². The number of nitrogens with zero attached hydrogens (tertiary/aromatic N) is 1. The molecule has 0 fully saturated rings. The molecule has 5 heteroatoms. The Kier molecular flexibility index (Phi) is 5.23. The Hall–Kier alpha value is -2.95. The van der Waals surface area contributed by atoms with Gasteiger partial charge in [0.2, 0.25) is 0 Å². The van der Waals surface area contributed by atoms with Crippen molar-refractivity contribution in [1.82, 2.24) is 4.57 Å². The van der Waals surface area contributed by atoms with E-state index in [2.05, 4.69) is 11.4 Å². The van der Waals surface area contributed by atoms with E-state index in [9.17, 15) is 4.79 Å². The van der Waals surface area contributed by atoms with Crippen molar-refractivity contribution in [3.63, 3.8) is 0 Å². The molecule has 0 unspecified atom stereocenters. The molecule has 0 aliphatic carbocycles. The minimum absolute atomic E-state index is 0.216. The Morgan fingerprint density at radius 1 is 1.16 bits per heavy atom. The highest BCUT2D eigenvalue weighted by molar-refractivity contribution is 5.85. The van der Waals surface area contributed by atoms with Gasteiger partial charge in [-0.25, -0.2) is 0 Å². The van der Waals surface area contributed by atoms with Crippen molar-refractivity contribution in [1.29, 1.82) is 0 Å². The van der Waals surface area contributed by atoms with Crippen molar-refractivity contribution in [2.45, 2.75) is 20.0 Å². The fourth-order valence-corrected chi connectivity index (χ4v) is 2.87. The lowest BCUT2D eigenvalue weighted by atomic mass is 10.1. The largest absolute Gasteiger partial charge is 0.497 e. The van der Waals surface area contributed by atoms with E-state index in [1.54, 1.807) is 7.11 Å². The maximum Gasteiger partial charge on any atom is 0.325 e. The molecule has 0 saturated carbocycles. The molecular formula is C20H22N2O3. The molecule has 1 N–H and O–H groups in total. The van der Waals surface area contributed by atoms with Crippen molar-refractivity contribution >= 4 is 22.6 Å². The molecule has 3 rings (SSSR count). The maximum absolute atomic E-state index is 11.8. The molecule has 0 aliphatic heterocycles. The van der Waals surface area contributed by atoms with Gasteiger partial charge in [-0.1, -0.05) is 24.3 Å². The monoisotopic (exact) mass is 338 g/mol. The van der Waals surface area contributed by atoms with Crippen molar-refractivity contribution < 1.29 is 14.3 Å². The van der Waals surface area contributed by atoms with Crippen molar-refractivity contribution in [2.75, 3.05) is 19.0 Å². The number of carbonyl (C=O) groups is 1. The second kappa shape index (κ2) is 7.75. The number of para-hydroxylation sites is 1. The molecule has 5 nitrogen and oxygen atoms in total. The fraction of sp³-hybridized carbons (Fsp3) is 0.250. The number of anilines is 1. The summed E-state index contributed by atoms with van der Waals surface area (Å²) in [6.45, 7) is 3.08. The van der Waals surface area contributed by atoms with Gasteiger partial charge < -0.3 is 19.4 Å². The van der Waals surface area contributed by atoms with Crippen LogP contribution in [0.5, 0.6) is 5.75 Å². The average Bonchev–Trinajstić information content (AvgIpc) is 2.98. The van der Waals surface area contributed by atoms with E-state index < -0.39 is 0 Å². The summed E-state index contributed by atoms with van der Waals surface area (Å²) >= 11 is 0.